The maximum atomic E-state index is 5.57. The molecule has 0 aromatic rings. The maximum absolute atomic E-state index is 5.57. The van der Waals surface area contributed by atoms with Crippen molar-refractivity contribution in [2.45, 2.75) is 239 Å². The third-order valence-electron chi connectivity index (χ3n) is 4.60. The van der Waals surface area contributed by atoms with E-state index in [9.17, 15) is 0 Å². The standard InChI is InChI=1S/12C3H7O.4Al/c12*1-3(2)4;;;;/h12*3H,1-2H3;;;;/q12*-1;4*+3. The van der Waals surface area contributed by atoms with E-state index in [1.54, 1.807) is 0 Å². The summed E-state index contributed by atoms with van der Waals surface area (Å²) >= 11 is -7.63. The predicted octanol–water partition coefficient (Wildman–Crippen LogP) is 8.99. The molecule has 0 unspecified atom stereocenters. The van der Waals surface area contributed by atoms with Crippen LogP contribution in [-0.4, -0.2) is 134 Å². The molecule has 0 radical (unpaired) electrons. The van der Waals surface area contributed by atoms with E-state index in [-0.39, 0.29) is 73.2 Å². The second-order valence-corrected chi connectivity index (χ2v) is 20.9. The Balaban J connectivity index is -0.000000295. The van der Waals surface area contributed by atoms with Gasteiger partial charge in [-0.2, -0.15) is 0 Å². The lowest BCUT2D eigenvalue weighted by molar-refractivity contribution is 0.0324. The first-order valence-electron chi connectivity index (χ1n) is 19.5. The molecule has 0 aliphatic heterocycles. The van der Waals surface area contributed by atoms with Crippen molar-refractivity contribution in [3.05, 3.63) is 0 Å². The number of hydrogen-bond acceptors (Lipinski definition) is 12. The van der Waals surface area contributed by atoms with E-state index < -0.39 is 60.6 Å². The molecule has 0 spiro atoms. The van der Waals surface area contributed by atoms with Crippen LogP contribution in [0, 0.1) is 0 Å². The zero-order valence-corrected chi connectivity index (χ0v) is 42.8. The van der Waals surface area contributed by atoms with Crippen LogP contribution in [-0.2, 0) is 45.5 Å². The minimum absolute atomic E-state index is 0.175. The summed E-state index contributed by atoms with van der Waals surface area (Å²) in [5.74, 6) is 0. The Morgan fingerprint density at radius 2 is 0.212 bits per heavy atom. The van der Waals surface area contributed by atoms with Crippen LogP contribution in [0.4, 0.5) is 0 Å². The van der Waals surface area contributed by atoms with Crippen LogP contribution >= 0.6 is 0 Å². The Bertz CT molecular complexity index is 529. The fourth-order valence-corrected chi connectivity index (χ4v) is 9.15. The van der Waals surface area contributed by atoms with Crippen molar-refractivity contribution in [1.29, 1.82) is 0 Å². The summed E-state index contributed by atoms with van der Waals surface area (Å²) in [4.78, 5) is 0. The van der Waals surface area contributed by atoms with Gasteiger partial charge in [0.25, 0.3) is 0 Å². The van der Waals surface area contributed by atoms with Crippen LogP contribution in [0.1, 0.15) is 166 Å². The Morgan fingerprint density at radius 3 is 0.250 bits per heavy atom. The van der Waals surface area contributed by atoms with Crippen LogP contribution in [0.25, 0.3) is 0 Å². The molecule has 0 bridgehead atoms. The molecule has 0 rings (SSSR count). The highest BCUT2D eigenvalue weighted by atomic mass is 27.3. The van der Waals surface area contributed by atoms with Crippen molar-refractivity contribution < 1.29 is 45.5 Å². The lowest BCUT2D eigenvalue weighted by Crippen LogP contribution is -2.34. The van der Waals surface area contributed by atoms with Crippen molar-refractivity contribution >= 4 is 60.6 Å². The van der Waals surface area contributed by atoms with Gasteiger partial charge in [-0.25, -0.2) is 0 Å². The van der Waals surface area contributed by atoms with E-state index in [1.165, 1.54) is 0 Å². The van der Waals surface area contributed by atoms with E-state index in [0.29, 0.717) is 0 Å². The molecular weight excluding hydrogens is 732 g/mol. The molecule has 0 N–H and O–H groups in total. The zero-order chi connectivity index (χ0) is 41.7. The minimum atomic E-state index is -1.91. The second kappa shape index (κ2) is 37.0. The fourth-order valence-electron chi connectivity index (χ4n) is 3.05. The van der Waals surface area contributed by atoms with Gasteiger partial charge in [0.15, 0.2) is 0 Å². The molecule has 52 heavy (non-hydrogen) atoms. The lowest BCUT2D eigenvalue weighted by Gasteiger charge is -2.19. The third-order valence-corrected chi connectivity index (χ3v) is 13.8. The molecule has 0 aliphatic carbocycles. The number of rotatable bonds is 24. The van der Waals surface area contributed by atoms with Gasteiger partial charge in [-0.15, -0.1) is 0 Å². The zero-order valence-electron chi connectivity index (χ0n) is 38.1. The average Bonchev–Trinajstić information content (AvgIpc) is 2.85. The summed E-state index contributed by atoms with van der Waals surface area (Å²) in [5.41, 5.74) is 0. The third kappa shape index (κ3) is 53.8. The Hall–Kier alpha value is 1.65. The molecule has 0 aliphatic rings. The van der Waals surface area contributed by atoms with Gasteiger partial charge in [0.2, 0.25) is 0 Å². The van der Waals surface area contributed by atoms with E-state index >= 15 is 0 Å². The molecule has 0 atom stereocenters. The molecule has 312 valence electrons. The lowest BCUT2D eigenvalue weighted by atomic mass is 10.5. The monoisotopic (exact) mass is 817 g/mol. The summed E-state index contributed by atoms with van der Waals surface area (Å²) in [6.07, 6.45) is 2.10. The number of hydrogen-bond donors (Lipinski definition) is 0. The van der Waals surface area contributed by atoms with Gasteiger partial charge in [0.05, 0.1) is 0 Å². The van der Waals surface area contributed by atoms with Crippen molar-refractivity contribution in [2.24, 2.45) is 0 Å². The van der Waals surface area contributed by atoms with E-state index in [1.807, 2.05) is 166 Å². The normalized spacial score (nSPS) is 11.8. The summed E-state index contributed by atoms with van der Waals surface area (Å²) in [6, 6.07) is 0. The Labute approximate surface area is 343 Å². The molecule has 12 nitrogen and oxygen atoms in total. The van der Waals surface area contributed by atoms with Crippen LogP contribution in [0.3, 0.4) is 0 Å². The maximum Gasteiger partial charge on any atom is 0.906 e. The highest BCUT2D eigenvalue weighted by Gasteiger charge is 2.36. The Morgan fingerprint density at radius 1 is 0.154 bits per heavy atom. The highest BCUT2D eigenvalue weighted by molar-refractivity contribution is 6.37. The molecule has 0 aromatic heterocycles. The summed E-state index contributed by atoms with van der Waals surface area (Å²) in [5, 5.41) is 0. The van der Waals surface area contributed by atoms with Crippen LogP contribution in [0.2, 0.25) is 0 Å². The van der Waals surface area contributed by atoms with E-state index in [4.69, 9.17) is 45.5 Å². The van der Waals surface area contributed by atoms with Crippen molar-refractivity contribution in [3.8, 4) is 0 Å². The summed E-state index contributed by atoms with van der Waals surface area (Å²) in [6.45, 7) is 47.8. The second-order valence-electron chi connectivity index (χ2n) is 15.4. The van der Waals surface area contributed by atoms with E-state index in [0.717, 1.165) is 0 Å². The highest BCUT2D eigenvalue weighted by Crippen LogP contribution is 2.07. The minimum Gasteiger partial charge on any atom is -0.452 e. The molecule has 16 heteroatoms. The van der Waals surface area contributed by atoms with Gasteiger partial charge in [0.1, 0.15) is 0 Å². The molecule has 0 fully saturated rings. The molecule has 0 aromatic carbocycles. The topological polar surface area (TPSA) is 111 Å². The van der Waals surface area contributed by atoms with Crippen molar-refractivity contribution in [2.75, 3.05) is 0 Å². The van der Waals surface area contributed by atoms with Gasteiger partial charge in [0, 0.05) is 73.2 Å². The van der Waals surface area contributed by atoms with Gasteiger partial charge in [-0.05, 0) is 166 Å². The average molecular weight is 817 g/mol. The van der Waals surface area contributed by atoms with E-state index in [2.05, 4.69) is 0 Å². The molecule has 0 saturated carbocycles. The summed E-state index contributed by atoms with van der Waals surface area (Å²) < 4.78 is 66.8. The first kappa shape index (κ1) is 60.3. The first-order chi connectivity index (χ1) is 23.7. The van der Waals surface area contributed by atoms with Gasteiger partial charge < -0.3 is 45.5 Å². The van der Waals surface area contributed by atoms with Crippen LogP contribution in [0.5, 0.6) is 0 Å². The largest absolute Gasteiger partial charge is 0.906 e. The Kier molecular flexibility index (Phi) is 42.9. The van der Waals surface area contributed by atoms with Crippen molar-refractivity contribution in [3.63, 3.8) is 0 Å². The van der Waals surface area contributed by atoms with Crippen molar-refractivity contribution in [1.82, 2.24) is 0 Å². The quantitative estimate of drug-likeness (QED) is 0.0868. The molecule has 0 saturated heterocycles. The van der Waals surface area contributed by atoms with Gasteiger partial charge >= 0.3 is 60.6 Å². The first-order valence-corrected chi connectivity index (χ1v) is 25.2. The van der Waals surface area contributed by atoms with Gasteiger partial charge in [-0.3, -0.25) is 0 Å². The SMILES string of the molecule is CC(C)[O][Al]([O]C(C)C)[O]C(C)C.CC(C)[O][Al]([O]C(C)C)[O]C(C)C.CC(C)[O][Al]([O]C(C)C)[O]C(C)C.CC(C)[O][Al]([O]C(C)C)[O]C(C)C. The molecular formula is C36H84Al4O12. The van der Waals surface area contributed by atoms with Crippen LogP contribution < -0.4 is 0 Å². The summed E-state index contributed by atoms with van der Waals surface area (Å²) in [7, 11) is 0. The van der Waals surface area contributed by atoms with Gasteiger partial charge in [-0.1, -0.05) is 0 Å². The molecule has 0 amide bonds. The predicted molar refractivity (Wildman–Crippen MR) is 218 cm³/mol. The molecule has 0 heterocycles. The smallest absolute Gasteiger partial charge is 0.452 e. The van der Waals surface area contributed by atoms with Crippen LogP contribution in [0.15, 0.2) is 0 Å². The fraction of sp³-hybridized carbons (Fsp3) is 1.00.